The number of hydrogen-bond donors (Lipinski definition) is 0. The first-order chi connectivity index (χ1) is 12.4. The fourth-order valence-electron chi connectivity index (χ4n) is 2.74. The number of furan rings is 1. The maximum absolute atomic E-state index is 12.6. The number of esters is 1. The zero-order valence-electron chi connectivity index (χ0n) is 14.1. The van der Waals surface area contributed by atoms with Crippen LogP contribution in [0.1, 0.15) is 27.8 Å². The Morgan fingerprint density at radius 2 is 1.65 bits per heavy atom. The normalized spacial score (nSPS) is 14.2. The van der Waals surface area contributed by atoms with Crippen LogP contribution in [0.4, 0.5) is 0 Å². The zero-order chi connectivity index (χ0) is 18.7. The molecule has 1 aliphatic rings. The van der Waals surface area contributed by atoms with E-state index in [1.54, 1.807) is 46.2 Å². The number of carbonyl (C=O) groups excluding carboxylic acids is 3. The largest absolute Gasteiger partial charge is 0.444 e. The lowest BCUT2D eigenvalue weighted by molar-refractivity contribution is -0.131. The first kappa shape index (κ1) is 18.2. The molecule has 0 bridgehead atoms. The van der Waals surface area contributed by atoms with Crippen LogP contribution in [0.3, 0.4) is 0 Å². The van der Waals surface area contributed by atoms with E-state index >= 15 is 0 Å². The molecule has 2 heterocycles. The standard InChI is InChI=1S/C18H17BrN2O5/c1-12(22)25-14-4-2-3-13(11-14)17(23)20-7-9-21(10-8-20)18(24)15-5-6-16(19)26-15/h2-6,11H,7-10H2,1H3. The molecule has 0 aliphatic carbocycles. The van der Waals surface area contributed by atoms with Crippen molar-refractivity contribution in [3.05, 3.63) is 52.4 Å². The van der Waals surface area contributed by atoms with Gasteiger partial charge in [-0.1, -0.05) is 6.07 Å². The monoisotopic (exact) mass is 420 g/mol. The summed E-state index contributed by atoms with van der Waals surface area (Å²) >= 11 is 3.18. The zero-order valence-corrected chi connectivity index (χ0v) is 15.7. The molecule has 0 saturated carbocycles. The Hall–Kier alpha value is -2.61. The molecule has 1 aliphatic heterocycles. The van der Waals surface area contributed by atoms with Crippen molar-refractivity contribution in [3.63, 3.8) is 0 Å². The highest BCUT2D eigenvalue weighted by Gasteiger charge is 2.27. The predicted octanol–water partition coefficient (Wildman–Crippen LogP) is 2.57. The average molecular weight is 421 g/mol. The Kier molecular flexibility index (Phi) is 5.41. The summed E-state index contributed by atoms with van der Waals surface area (Å²) in [4.78, 5) is 39.4. The summed E-state index contributed by atoms with van der Waals surface area (Å²) in [7, 11) is 0. The maximum atomic E-state index is 12.6. The molecule has 2 aromatic rings. The molecule has 0 atom stereocenters. The minimum atomic E-state index is -0.439. The number of piperazine rings is 1. The molecule has 1 fully saturated rings. The molecule has 7 nitrogen and oxygen atoms in total. The van der Waals surface area contributed by atoms with E-state index in [2.05, 4.69) is 15.9 Å². The SMILES string of the molecule is CC(=O)Oc1cccc(C(=O)N2CCN(C(=O)c3ccc(Br)o3)CC2)c1. The number of amides is 2. The summed E-state index contributed by atoms with van der Waals surface area (Å²) in [6.07, 6.45) is 0. The summed E-state index contributed by atoms with van der Waals surface area (Å²) in [6, 6.07) is 9.79. The molecular formula is C18H17BrN2O5. The third kappa shape index (κ3) is 4.13. The molecule has 8 heteroatoms. The average Bonchev–Trinajstić information content (AvgIpc) is 3.07. The Labute approximate surface area is 158 Å². The van der Waals surface area contributed by atoms with Crippen LogP contribution < -0.4 is 4.74 Å². The van der Waals surface area contributed by atoms with Gasteiger partial charge < -0.3 is 19.0 Å². The van der Waals surface area contributed by atoms with E-state index in [0.717, 1.165) is 0 Å². The van der Waals surface area contributed by atoms with Crippen molar-refractivity contribution in [2.45, 2.75) is 6.92 Å². The summed E-state index contributed by atoms with van der Waals surface area (Å²) in [6.45, 7) is 3.00. The van der Waals surface area contributed by atoms with Gasteiger partial charge in [-0.25, -0.2) is 0 Å². The van der Waals surface area contributed by atoms with Crippen LogP contribution in [0.15, 0.2) is 45.5 Å². The van der Waals surface area contributed by atoms with Crippen LogP contribution in [-0.4, -0.2) is 53.8 Å². The van der Waals surface area contributed by atoms with E-state index in [-0.39, 0.29) is 17.6 Å². The minimum absolute atomic E-state index is 0.160. The Morgan fingerprint density at radius 1 is 1.00 bits per heavy atom. The number of benzene rings is 1. The van der Waals surface area contributed by atoms with Crippen molar-refractivity contribution in [2.24, 2.45) is 0 Å². The predicted molar refractivity (Wildman–Crippen MR) is 96.0 cm³/mol. The van der Waals surface area contributed by atoms with E-state index in [1.165, 1.54) is 6.92 Å². The smallest absolute Gasteiger partial charge is 0.308 e. The topological polar surface area (TPSA) is 80.1 Å². The van der Waals surface area contributed by atoms with Crippen molar-refractivity contribution in [3.8, 4) is 5.75 Å². The quantitative estimate of drug-likeness (QED) is 0.562. The number of ether oxygens (including phenoxy) is 1. The molecule has 1 saturated heterocycles. The van der Waals surface area contributed by atoms with Gasteiger partial charge in [-0.3, -0.25) is 14.4 Å². The van der Waals surface area contributed by atoms with Gasteiger partial charge in [0.2, 0.25) is 0 Å². The molecule has 0 radical (unpaired) electrons. The second-order valence-electron chi connectivity index (χ2n) is 5.81. The summed E-state index contributed by atoms with van der Waals surface area (Å²) in [5.74, 6) is -0.191. The molecule has 2 amide bonds. The highest BCUT2D eigenvalue weighted by molar-refractivity contribution is 9.10. The first-order valence-electron chi connectivity index (χ1n) is 8.06. The number of nitrogens with zero attached hydrogens (tertiary/aromatic N) is 2. The molecule has 1 aromatic carbocycles. The van der Waals surface area contributed by atoms with Gasteiger partial charge in [0.1, 0.15) is 5.75 Å². The molecule has 26 heavy (non-hydrogen) atoms. The van der Waals surface area contributed by atoms with E-state index in [4.69, 9.17) is 9.15 Å². The third-order valence-electron chi connectivity index (χ3n) is 3.98. The summed E-state index contributed by atoms with van der Waals surface area (Å²) < 4.78 is 10.8. The summed E-state index contributed by atoms with van der Waals surface area (Å²) in [5, 5.41) is 0. The van der Waals surface area contributed by atoms with E-state index in [9.17, 15) is 14.4 Å². The van der Waals surface area contributed by atoms with E-state index < -0.39 is 5.97 Å². The molecular weight excluding hydrogens is 404 g/mol. The lowest BCUT2D eigenvalue weighted by atomic mass is 10.1. The summed E-state index contributed by atoms with van der Waals surface area (Å²) in [5.41, 5.74) is 0.443. The second kappa shape index (κ2) is 7.74. The number of carbonyl (C=O) groups is 3. The van der Waals surface area contributed by atoms with Gasteiger partial charge in [0.15, 0.2) is 10.4 Å². The Bertz CT molecular complexity index is 840. The van der Waals surface area contributed by atoms with Crippen LogP contribution in [-0.2, 0) is 4.79 Å². The van der Waals surface area contributed by atoms with E-state index in [0.29, 0.717) is 42.2 Å². The van der Waals surface area contributed by atoms with Gasteiger partial charge in [0, 0.05) is 38.7 Å². The molecule has 1 aromatic heterocycles. The molecule has 136 valence electrons. The minimum Gasteiger partial charge on any atom is -0.444 e. The van der Waals surface area contributed by atoms with Crippen LogP contribution in [0, 0.1) is 0 Å². The fourth-order valence-corrected chi connectivity index (χ4v) is 3.05. The van der Waals surface area contributed by atoms with Crippen molar-refractivity contribution < 1.29 is 23.5 Å². The van der Waals surface area contributed by atoms with Crippen molar-refractivity contribution in [2.75, 3.05) is 26.2 Å². The van der Waals surface area contributed by atoms with Gasteiger partial charge in [0.25, 0.3) is 11.8 Å². The number of hydrogen-bond acceptors (Lipinski definition) is 5. The lowest BCUT2D eigenvalue weighted by Gasteiger charge is -2.34. The van der Waals surface area contributed by atoms with Crippen molar-refractivity contribution in [1.29, 1.82) is 0 Å². The number of halogens is 1. The number of rotatable bonds is 3. The molecule has 0 unspecified atom stereocenters. The van der Waals surface area contributed by atoms with Crippen LogP contribution >= 0.6 is 15.9 Å². The van der Waals surface area contributed by atoms with Gasteiger partial charge in [-0.2, -0.15) is 0 Å². The maximum Gasteiger partial charge on any atom is 0.308 e. The van der Waals surface area contributed by atoms with Gasteiger partial charge in [-0.05, 0) is 46.3 Å². The highest BCUT2D eigenvalue weighted by Crippen LogP contribution is 2.19. The van der Waals surface area contributed by atoms with Crippen molar-refractivity contribution in [1.82, 2.24) is 9.80 Å². The fraction of sp³-hybridized carbons (Fsp3) is 0.278. The second-order valence-corrected chi connectivity index (χ2v) is 6.59. The van der Waals surface area contributed by atoms with Crippen molar-refractivity contribution >= 4 is 33.7 Å². The van der Waals surface area contributed by atoms with Crippen LogP contribution in [0.2, 0.25) is 0 Å². The van der Waals surface area contributed by atoms with Gasteiger partial charge in [0.05, 0.1) is 0 Å². The van der Waals surface area contributed by atoms with Crippen LogP contribution in [0.5, 0.6) is 5.75 Å². The van der Waals surface area contributed by atoms with Crippen LogP contribution in [0.25, 0.3) is 0 Å². The molecule has 0 spiro atoms. The lowest BCUT2D eigenvalue weighted by Crippen LogP contribution is -2.50. The highest BCUT2D eigenvalue weighted by atomic mass is 79.9. The van der Waals surface area contributed by atoms with E-state index in [1.807, 2.05) is 0 Å². The molecule has 3 rings (SSSR count). The Morgan fingerprint density at radius 3 is 2.23 bits per heavy atom. The van der Waals surface area contributed by atoms with Gasteiger partial charge in [-0.15, -0.1) is 0 Å². The van der Waals surface area contributed by atoms with Gasteiger partial charge >= 0.3 is 5.97 Å². The third-order valence-corrected chi connectivity index (χ3v) is 4.41. The Balaban J connectivity index is 1.61. The molecule has 0 N–H and O–H groups in total. The first-order valence-corrected chi connectivity index (χ1v) is 8.86.